The van der Waals surface area contributed by atoms with Crippen molar-refractivity contribution in [2.24, 2.45) is 0 Å². The highest BCUT2D eigenvalue weighted by molar-refractivity contribution is 6.75. The second-order valence-corrected chi connectivity index (χ2v) is 6.92. The minimum Gasteiger partial charge on any atom is -0.417 e. The molecule has 0 bridgehead atoms. The first-order chi connectivity index (χ1) is 3.77. The first kappa shape index (κ1) is 6.30. The van der Waals surface area contributed by atoms with Crippen molar-refractivity contribution in [1.29, 1.82) is 0 Å². The zero-order chi connectivity index (χ0) is 6.04. The van der Waals surface area contributed by atoms with Crippen LogP contribution in [0.25, 0.3) is 0 Å². The van der Waals surface area contributed by atoms with E-state index in [9.17, 15) is 0 Å². The van der Waals surface area contributed by atoms with E-state index in [2.05, 4.69) is 13.5 Å². The van der Waals surface area contributed by atoms with Crippen LogP contribution in [0.5, 0.6) is 0 Å². The molecule has 0 N–H and O–H groups in total. The quantitative estimate of drug-likeness (QED) is 0.519. The van der Waals surface area contributed by atoms with Crippen LogP contribution >= 0.6 is 0 Å². The fourth-order valence-corrected chi connectivity index (χ4v) is 3.50. The minimum absolute atomic E-state index is 0.933. The molecule has 0 aliphatic carbocycles. The lowest BCUT2D eigenvalue weighted by Crippen LogP contribution is -2.41. The van der Waals surface area contributed by atoms with E-state index in [-0.39, 0.29) is 0 Å². The molecule has 2 heteroatoms. The Hall–Kier alpha value is 0.177. The fraction of sp³-hybridized carbons (Fsp3) is 1.00. The monoisotopic (exact) mass is 130 g/mol. The number of rotatable bonds is 2. The molecule has 0 amide bonds. The Morgan fingerprint density at radius 3 is 2.25 bits per heavy atom. The van der Waals surface area contributed by atoms with E-state index >= 15 is 0 Å². The van der Waals surface area contributed by atoms with Crippen LogP contribution in [0.1, 0.15) is 13.3 Å². The summed E-state index contributed by atoms with van der Waals surface area (Å²) in [5.41, 5.74) is 0. The Labute approximate surface area is 52.2 Å². The zero-order valence-corrected chi connectivity index (χ0v) is 6.74. The predicted octanol–water partition coefficient (Wildman–Crippen LogP) is 2.00. The number of hydrogen-bond acceptors (Lipinski definition) is 1. The predicted molar refractivity (Wildman–Crippen MR) is 37.5 cm³/mol. The van der Waals surface area contributed by atoms with Gasteiger partial charge in [-0.2, -0.15) is 0 Å². The van der Waals surface area contributed by atoms with Gasteiger partial charge in [0, 0.05) is 6.61 Å². The topological polar surface area (TPSA) is 9.23 Å². The lowest BCUT2D eigenvalue weighted by Gasteiger charge is -2.34. The van der Waals surface area contributed by atoms with E-state index < -0.39 is 8.32 Å². The van der Waals surface area contributed by atoms with Crippen LogP contribution in [0.3, 0.4) is 0 Å². The summed E-state index contributed by atoms with van der Waals surface area (Å²) in [6, 6.07) is 2.81. The van der Waals surface area contributed by atoms with Crippen molar-refractivity contribution in [3.8, 4) is 0 Å². The highest BCUT2D eigenvalue weighted by Gasteiger charge is 2.35. The van der Waals surface area contributed by atoms with Gasteiger partial charge in [0.15, 0.2) is 8.32 Å². The summed E-state index contributed by atoms with van der Waals surface area (Å²) in [5, 5.41) is 0. The molecule has 0 aromatic rings. The molecule has 48 valence electrons. The van der Waals surface area contributed by atoms with Gasteiger partial charge >= 0.3 is 0 Å². The van der Waals surface area contributed by atoms with Gasteiger partial charge in [-0.05, 0) is 25.6 Å². The van der Waals surface area contributed by atoms with Gasteiger partial charge in [-0.25, -0.2) is 0 Å². The molecular weight excluding hydrogens is 116 g/mol. The lowest BCUT2D eigenvalue weighted by atomic mass is 10.5. The van der Waals surface area contributed by atoms with E-state index in [0.717, 1.165) is 6.61 Å². The molecule has 0 aromatic carbocycles. The molecule has 0 atom stereocenters. The minimum atomic E-state index is -0.997. The van der Waals surface area contributed by atoms with Crippen molar-refractivity contribution in [3.05, 3.63) is 0 Å². The third-order valence-electron chi connectivity index (χ3n) is 1.90. The van der Waals surface area contributed by atoms with Crippen LogP contribution in [-0.2, 0) is 4.43 Å². The Kier molecular flexibility index (Phi) is 1.73. The largest absolute Gasteiger partial charge is 0.417 e. The second kappa shape index (κ2) is 2.19. The molecule has 1 nitrogen and oxygen atoms in total. The summed E-state index contributed by atoms with van der Waals surface area (Å²) in [6.45, 7) is 5.36. The normalized spacial score (nSPS) is 24.8. The number of hydrogen-bond donors (Lipinski definition) is 0. The molecule has 8 heavy (non-hydrogen) atoms. The average Bonchev–Trinajstić information content (AvgIpc) is 1.64. The maximum absolute atomic E-state index is 5.60. The molecule has 0 saturated carbocycles. The van der Waals surface area contributed by atoms with Crippen LogP contribution in [-0.4, -0.2) is 14.9 Å². The SMILES string of the molecule is CCO[Si]1(C)CCC1. The van der Waals surface area contributed by atoms with Gasteiger partial charge in [0.2, 0.25) is 0 Å². The summed E-state index contributed by atoms with van der Waals surface area (Å²) < 4.78 is 5.60. The summed E-state index contributed by atoms with van der Waals surface area (Å²) in [6.07, 6.45) is 1.42. The molecule has 0 unspecified atom stereocenters. The molecule has 1 saturated heterocycles. The van der Waals surface area contributed by atoms with Crippen LogP contribution in [0.2, 0.25) is 18.6 Å². The summed E-state index contributed by atoms with van der Waals surface area (Å²) >= 11 is 0. The van der Waals surface area contributed by atoms with Crippen LogP contribution in [0.15, 0.2) is 0 Å². The van der Waals surface area contributed by atoms with E-state index in [4.69, 9.17) is 4.43 Å². The Morgan fingerprint density at radius 2 is 2.12 bits per heavy atom. The maximum Gasteiger partial charge on any atom is 0.189 e. The molecule has 1 aliphatic rings. The molecular formula is C6H14OSi. The van der Waals surface area contributed by atoms with Crippen molar-refractivity contribution in [1.82, 2.24) is 0 Å². The highest BCUT2D eigenvalue weighted by atomic mass is 28.4. The van der Waals surface area contributed by atoms with E-state index in [1.54, 1.807) is 0 Å². The highest BCUT2D eigenvalue weighted by Crippen LogP contribution is 2.32. The third kappa shape index (κ3) is 1.12. The molecule has 0 radical (unpaired) electrons. The van der Waals surface area contributed by atoms with Gasteiger partial charge in [0.05, 0.1) is 0 Å². The van der Waals surface area contributed by atoms with Crippen LogP contribution < -0.4 is 0 Å². The van der Waals surface area contributed by atoms with Crippen LogP contribution in [0.4, 0.5) is 0 Å². The summed E-state index contributed by atoms with van der Waals surface area (Å²) in [4.78, 5) is 0. The van der Waals surface area contributed by atoms with E-state index in [1.807, 2.05) is 0 Å². The molecule has 1 aliphatic heterocycles. The van der Waals surface area contributed by atoms with Crippen molar-refractivity contribution < 1.29 is 4.43 Å². The lowest BCUT2D eigenvalue weighted by molar-refractivity contribution is 0.310. The van der Waals surface area contributed by atoms with Gasteiger partial charge in [-0.3, -0.25) is 0 Å². The molecule has 1 fully saturated rings. The average molecular weight is 130 g/mol. The van der Waals surface area contributed by atoms with Crippen molar-refractivity contribution >= 4 is 8.32 Å². The first-order valence-corrected chi connectivity index (χ1v) is 6.23. The van der Waals surface area contributed by atoms with Crippen molar-refractivity contribution in [2.75, 3.05) is 6.61 Å². The molecule has 0 spiro atoms. The van der Waals surface area contributed by atoms with E-state index in [0.29, 0.717) is 0 Å². The smallest absolute Gasteiger partial charge is 0.189 e. The first-order valence-electron chi connectivity index (χ1n) is 3.41. The van der Waals surface area contributed by atoms with Gasteiger partial charge in [0.25, 0.3) is 0 Å². The third-order valence-corrected chi connectivity index (χ3v) is 5.71. The van der Waals surface area contributed by atoms with Crippen molar-refractivity contribution in [2.45, 2.75) is 32.0 Å². The fourth-order valence-electron chi connectivity index (χ4n) is 1.17. The van der Waals surface area contributed by atoms with Gasteiger partial charge in [0.1, 0.15) is 0 Å². The molecule has 1 rings (SSSR count). The second-order valence-electron chi connectivity index (χ2n) is 2.74. The van der Waals surface area contributed by atoms with Gasteiger partial charge in [-0.1, -0.05) is 6.42 Å². The standard InChI is InChI=1S/C6H14OSi/c1-3-7-8(2)5-4-6-8/h3-6H2,1-2H3. The van der Waals surface area contributed by atoms with E-state index in [1.165, 1.54) is 18.5 Å². The van der Waals surface area contributed by atoms with Gasteiger partial charge < -0.3 is 4.43 Å². The Bertz CT molecular complexity index is 78.6. The summed E-state index contributed by atoms with van der Waals surface area (Å²) in [5.74, 6) is 0. The van der Waals surface area contributed by atoms with Gasteiger partial charge in [-0.15, -0.1) is 0 Å². The molecule has 0 aromatic heterocycles. The Balaban J connectivity index is 2.20. The van der Waals surface area contributed by atoms with Crippen LogP contribution in [0, 0.1) is 0 Å². The maximum atomic E-state index is 5.60. The zero-order valence-electron chi connectivity index (χ0n) is 5.74. The Morgan fingerprint density at radius 1 is 1.50 bits per heavy atom. The van der Waals surface area contributed by atoms with Crippen molar-refractivity contribution in [3.63, 3.8) is 0 Å². The molecule has 1 heterocycles. The summed E-state index contributed by atoms with van der Waals surface area (Å²) in [7, 11) is -0.997.